The first kappa shape index (κ1) is 21.4. The van der Waals surface area contributed by atoms with Gasteiger partial charge >= 0.3 is 0 Å². The van der Waals surface area contributed by atoms with Crippen LogP contribution in [0.25, 0.3) is 0 Å². The molecule has 0 aromatic heterocycles. The lowest BCUT2D eigenvalue weighted by atomic mass is 10.1. The normalized spacial score (nSPS) is 13.8. The summed E-state index contributed by atoms with van der Waals surface area (Å²) in [5, 5.41) is 6.35. The van der Waals surface area contributed by atoms with E-state index in [0.717, 1.165) is 5.56 Å². The molecular formula is C17H29FN4O2S. The van der Waals surface area contributed by atoms with Crippen LogP contribution in [0.15, 0.2) is 23.2 Å². The molecule has 0 amide bonds. The molecular weight excluding hydrogens is 343 g/mol. The fraction of sp³-hybridized carbons (Fsp3) is 0.588. The molecule has 0 aliphatic heterocycles. The molecule has 2 N–H and O–H groups in total. The molecule has 1 unspecified atom stereocenters. The second-order valence-corrected chi connectivity index (χ2v) is 7.96. The number of sulfonamides is 1. The Hall–Kier alpha value is -1.67. The van der Waals surface area contributed by atoms with E-state index >= 15 is 0 Å². The first-order valence-electron chi connectivity index (χ1n) is 8.37. The number of hydrogen-bond acceptors (Lipinski definition) is 3. The largest absolute Gasteiger partial charge is 0.356 e. The number of nitrogens with one attached hydrogen (secondary N) is 2. The molecule has 6 nitrogen and oxygen atoms in total. The van der Waals surface area contributed by atoms with E-state index in [0.29, 0.717) is 37.6 Å². The van der Waals surface area contributed by atoms with Gasteiger partial charge in [-0.3, -0.25) is 4.99 Å². The number of hydrogen-bond donors (Lipinski definition) is 2. The summed E-state index contributed by atoms with van der Waals surface area (Å²) in [7, 11) is -1.50. The third-order valence-electron chi connectivity index (χ3n) is 3.97. The number of halogens is 1. The zero-order valence-electron chi connectivity index (χ0n) is 15.6. The highest BCUT2D eigenvalue weighted by molar-refractivity contribution is 7.88. The third-order valence-corrected chi connectivity index (χ3v) is 5.35. The molecule has 1 aromatic carbocycles. The van der Waals surface area contributed by atoms with Crippen LogP contribution in [0.3, 0.4) is 0 Å². The zero-order valence-corrected chi connectivity index (χ0v) is 16.5. The molecule has 1 rings (SSSR count). The van der Waals surface area contributed by atoms with Gasteiger partial charge in [0.05, 0.1) is 12.3 Å². The van der Waals surface area contributed by atoms with Gasteiger partial charge in [-0.05, 0) is 37.5 Å². The highest BCUT2D eigenvalue weighted by Gasteiger charge is 2.14. The van der Waals surface area contributed by atoms with Crippen LogP contribution < -0.4 is 10.6 Å². The lowest BCUT2D eigenvalue weighted by molar-refractivity contribution is 0.424. The van der Waals surface area contributed by atoms with Crippen molar-refractivity contribution in [2.45, 2.75) is 33.2 Å². The molecule has 0 spiro atoms. The predicted molar refractivity (Wildman–Crippen MR) is 101 cm³/mol. The second kappa shape index (κ2) is 9.72. The smallest absolute Gasteiger partial charge is 0.211 e. The highest BCUT2D eigenvalue weighted by Crippen LogP contribution is 2.16. The van der Waals surface area contributed by atoms with Crippen molar-refractivity contribution in [2.24, 2.45) is 4.99 Å². The highest BCUT2D eigenvalue weighted by atomic mass is 32.2. The molecule has 0 saturated carbocycles. The van der Waals surface area contributed by atoms with E-state index in [2.05, 4.69) is 15.6 Å². The fourth-order valence-electron chi connectivity index (χ4n) is 2.38. The molecule has 0 aliphatic rings. The van der Waals surface area contributed by atoms with Crippen LogP contribution in [0.2, 0.25) is 0 Å². The van der Waals surface area contributed by atoms with Crippen LogP contribution in [0.4, 0.5) is 4.39 Å². The van der Waals surface area contributed by atoms with Crippen molar-refractivity contribution in [3.05, 3.63) is 35.1 Å². The third kappa shape index (κ3) is 6.99. The zero-order chi connectivity index (χ0) is 19.0. The fourth-order valence-corrected chi connectivity index (χ4v) is 3.31. The van der Waals surface area contributed by atoms with Crippen LogP contribution in [0.1, 0.15) is 37.4 Å². The molecule has 0 fully saturated rings. The average Bonchev–Trinajstić information content (AvgIpc) is 2.54. The van der Waals surface area contributed by atoms with Gasteiger partial charge in [0.2, 0.25) is 10.0 Å². The maximum atomic E-state index is 13.7. The van der Waals surface area contributed by atoms with Gasteiger partial charge < -0.3 is 10.6 Å². The summed E-state index contributed by atoms with van der Waals surface area (Å²) in [6.07, 6.45) is 1.88. The van der Waals surface area contributed by atoms with E-state index in [-0.39, 0.29) is 11.9 Å². The molecule has 0 heterocycles. The van der Waals surface area contributed by atoms with Crippen molar-refractivity contribution in [3.63, 3.8) is 0 Å². The topological polar surface area (TPSA) is 73.8 Å². The number of aryl methyl sites for hydroxylation is 1. The quantitative estimate of drug-likeness (QED) is 0.416. The van der Waals surface area contributed by atoms with Crippen LogP contribution >= 0.6 is 0 Å². The summed E-state index contributed by atoms with van der Waals surface area (Å²) in [6.45, 7) is 6.98. The van der Waals surface area contributed by atoms with Crippen molar-refractivity contribution in [2.75, 3.05) is 32.9 Å². The van der Waals surface area contributed by atoms with Crippen molar-refractivity contribution in [1.29, 1.82) is 0 Å². The Kier molecular flexibility index (Phi) is 8.31. The molecule has 8 heteroatoms. The molecule has 0 bridgehead atoms. The Labute approximate surface area is 150 Å². The van der Waals surface area contributed by atoms with Gasteiger partial charge in [0.1, 0.15) is 5.82 Å². The van der Waals surface area contributed by atoms with Crippen molar-refractivity contribution < 1.29 is 12.8 Å². The van der Waals surface area contributed by atoms with Gasteiger partial charge in [0.15, 0.2) is 5.96 Å². The summed E-state index contributed by atoms with van der Waals surface area (Å²) in [5.74, 6) is 0.366. The number of benzene rings is 1. The Bertz CT molecular complexity index is 692. The van der Waals surface area contributed by atoms with Crippen LogP contribution in [-0.4, -0.2) is 51.6 Å². The summed E-state index contributed by atoms with van der Waals surface area (Å²) < 4.78 is 38.2. The monoisotopic (exact) mass is 372 g/mol. The molecule has 1 atom stereocenters. The summed E-state index contributed by atoms with van der Waals surface area (Å²) >= 11 is 0. The van der Waals surface area contributed by atoms with Crippen molar-refractivity contribution in [3.8, 4) is 0 Å². The lowest BCUT2D eigenvalue weighted by Gasteiger charge is -2.20. The second-order valence-electron chi connectivity index (χ2n) is 5.98. The van der Waals surface area contributed by atoms with Crippen LogP contribution in [0.5, 0.6) is 0 Å². The van der Waals surface area contributed by atoms with Crippen molar-refractivity contribution in [1.82, 2.24) is 14.9 Å². The maximum absolute atomic E-state index is 13.7. The number of rotatable bonds is 8. The lowest BCUT2D eigenvalue weighted by Crippen LogP contribution is -2.40. The van der Waals surface area contributed by atoms with E-state index in [9.17, 15) is 12.8 Å². The number of guanidine groups is 1. The molecule has 25 heavy (non-hydrogen) atoms. The van der Waals surface area contributed by atoms with Crippen LogP contribution in [0, 0.1) is 12.7 Å². The van der Waals surface area contributed by atoms with Gasteiger partial charge in [0, 0.05) is 26.7 Å². The Balaban J connectivity index is 2.50. The van der Waals surface area contributed by atoms with Gasteiger partial charge in [-0.15, -0.1) is 0 Å². The van der Waals surface area contributed by atoms with Gasteiger partial charge in [-0.1, -0.05) is 19.1 Å². The van der Waals surface area contributed by atoms with Gasteiger partial charge in [-0.25, -0.2) is 17.1 Å². The molecule has 142 valence electrons. The van der Waals surface area contributed by atoms with E-state index in [1.54, 1.807) is 20.0 Å². The predicted octanol–water partition coefficient (Wildman–Crippen LogP) is 2.03. The van der Waals surface area contributed by atoms with E-state index in [1.165, 1.54) is 16.6 Å². The van der Waals surface area contributed by atoms with Crippen molar-refractivity contribution >= 4 is 16.0 Å². The first-order chi connectivity index (χ1) is 11.7. The molecule has 0 radical (unpaired) electrons. The minimum absolute atomic E-state index is 0.107. The Morgan fingerprint density at radius 1 is 1.40 bits per heavy atom. The van der Waals surface area contributed by atoms with E-state index < -0.39 is 10.0 Å². The Morgan fingerprint density at radius 2 is 2.08 bits per heavy atom. The summed E-state index contributed by atoms with van der Waals surface area (Å²) in [6, 6.07) is 5.05. The molecule has 1 aromatic rings. The minimum atomic E-state index is -3.16. The maximum Gasteiger partial charge on any atom is 0.211 e. The van der Waals surface area contributed by atoms with Crippen LogP contribution in [-0.2, 0) is 10.0 Å². The number of aliphatic imine (C=N–C) groups is 1. The number of nitrogens with zero attached hydrogens (tertiary/aromatic N) is 2. The summed E-state index contributed by atoms with van der Waals surface area (Å²) in [5.41, 5.74) is 1.45. The average molecular weight is 373 g/mol. The molecule has 0 aliphatic carbocycles. The molecule has 0 saturated heterocycles. The first-order valence-corrected chi connectivity index (χ1v) is 10.2. The Morgan fingerprint density at radius 3 is 2.60 bits per heavy atom. The standard InChI is InChI=1S/C17H29FN4O2S/c1-6-22(25(5,23)24)11-7-10-20-17(19-4)21-14(3)15-9-8-13(2)16(18)12-15/h8-9,12,14H,6-7,10-11H2,1-5H3,(H2,19,20,21). The summed E-state index contributed by atoms with van der Waals surface area (Å²) in [4.78, 5) is 4.15. The van der Waals surface area contributed by atoms with E-state index in [1.807, 2.05) is 19.9 Å². The minimum Gasteiger partial charge on any atom is -0.356 e. The van der Waals surface area contributed by atoms with Gasteiger partial charge in [-0.2, -0.15) is 0 Å². The SMILES string of the molecule is CCN(CCCNC(=NC)NC(C)c1ccc(C)c(F)c1)S(C)(=O)=O. The van der Waals surface area contributed by atoms with Gasteiger partial charge in [0.25, 0.3) is 0 Å². The van der Waals surface area contributed by atoms with E-state index in [4.69, 9.17) is 0 Å².